The molecule has 8 heteroatoms. The maximum Gasteiger partial charge on any atom is 0.253 e. The third-order valence-electron chi connectivity index (χ3n) is 4.84. The first-order chi connectivity index (χ1) is 14.4. The minimum atomic E-state index is -0.298. The Labute approximate surface area is 179 Å². The van der Waals surface area contributed by atoms with E-state index in [9.17, 15) is 4.79 Å². The lowest BCUT2D eigenvalue weighted by Gasteiger charge is -2.15. The molecule has 1 atom stereocenters. The number of benzene rings is 1. The maximum atomic E-state index is 12.6. The quantitative estimate of drug-likeness (QED) is 0.471. The van der Waals surface area contributed by atoms with Gasteiger partial charge in [0.2, 0.25) is 5.95 Å². The van der Waals surface area contributed by atoms with Gasteiger partial charge in [0.25, 0.3) is 5.56 Å². The van der Waals surface area contributed by atoms with Gasteiger partial charge in [0.05, 0.1) is 28.0 Å². The number of hydrogen-bond acceptors (Lipinski definition) is 5. The molecule has 0 spiro atoms. The Morgan fingerprint density at radius 3 is 2.80 bits per heavy atom. The zero-order valence-corrected chi connectivity index (χ0v) is 17.8. The number of hydrogen-bond donors (Lipinski definition) is 2. The van der Waals surface area contributed by atoms with E-state index < -0.39 is 0 Å². The lowest BCUT2D eigenvalue weighted by Crippen LogP contribution is -2.20. The Morgan fingerprint density at radius 2 is 2.00 bits per heavy atom. The summed E-state index contributed by atoms with van der Waals surface area (Å²) in [6.07, 6.45) is 3.48. The number of rotatable bonds is 6. The Kier molecular flexibility index (Phi) is 5.55. The zero-order chi connectivity index (χ0) is 21.3. The molecule has 3 aromatic heterocycles. The summed E-state index contributed by atoms with van der Waals surface area (Å²) in [5.41, 5.74) is 2.74. The number of aromatic nitrogens is 5. The van der Waals surface area contributed by atoms with Crippen LogP contribution in [-0.2, 0) is 6.54 Å². The highest BCUT2D eigenvalue weighted by Gasteiger charge is 2.15. The molecule has 0 aliphatic carbocycles. The second-order valence-corrected chi connectivity index (χ2v) is 8.09. The van der Waals surface area contributed by atoms with E-state index >= 15 is 0 Å². The molecule has 0 fully saturated rings. The number of fused-ring (bicyclic) bond motifs is 1. The van der Waals surface area contributed by atoms with E-state index in [0.29, 0.717) is 28.0 Å². The van der Waals surface area contributed by atoms with Crippen molar-refractivity contribution in [2.75, 3.05) is 5.32 Å². The number of para-hydroxylation sites is 1. The SMILES string of the molecule is CC(C)Cn1nccc1-c1ccnc(N[C@@H](C)c2cc3cccc(Cl)c3[nH]c2=O)n1. The summed E-state index contributed by atoms with van der Waals surface area (Å²) in [6, 6.07) is 10.9. The van der Waals surface area contributed by atoms with E-state index in [1.807, 2.05) is 41.9 Å². The molecule has 2 N–H and O–H groups in total. The van der Waals surface area contributed by atoms with E-state index in [4.69, 9.17) is 11.6 Å². The molecule has 0 saturated heterocycles. The standard InChI is InChI=1S/C22H23ClN6O/c1-13(2)12-29-19(8-10-25-29)18-7-9-24-22(27-18)26-14(3)16-11-15-5-4-6-17(23)20(15)28-21(16)30/h4-11,13-14H,12H2,1-3H3,(H,28,30)(H,24,26,27)/t14-/m0/s1. The fourth-order valence-electron chi connectivity index (χ4n) is 3.42. The second-order valence-electron chi connectivity index (χ2n) is 7.68. The highest BCUT2D eigenvalue weighted by atomic mass is 35.5. The van der Waals surface area contributed by atoms with Crippen molar-refractivity contribution in [2.45, 2.75) is 33.4 Å². The van der Waals surface area contributed by atoms with Crippen LogP contribution >= 0.6 is 11.6 Å². The van der Waals surface area contributed by atoms with Crippen LogP contribution in [0.5, 0.6) is 0 Å². The zero-order valence-electron chi connectivity index (χ0n) is 17.1. The molecule has 0 bridgehead atoms. The average molecular weight is 423 g/mol. The molecule has 4 aromatic rings. The Balaban J connectivity index is 1.62. The lowest BCUT2D eigenvalue weighted by atomic mass is 10.1. The van der Waals surface area contributed by atoms with E-state index in [1.165, 1.54) is 0 Å². The van der Waals surface area contributed by atoms with Crippen molar-refractivity contribution in [1.29, 1.82) is 0 Å². The number of anilines is 1. The lowest BCUT2D eigenvalue weighted by molar-refractivity contribution is 0.487. The minimum Gasteiger partial charge on any atom is -0.347 e. The van der Waals surface area contributed by atoms with Crippen molar-refractivity contribution >= 4 is 28.5 Å². The first-order valence-corrected chi connectivity index (χ1v) is 10.2. The number of pyridine rings is 1. The fraction of sp³-hybridized carbons (Fsp3) is 0.273. The van der Waals surface area contributed by atoms with Gasteiger partial charge in [0.1, 0.15) is 0 Å². The van der Waals surface area contributed by atoms with Gasteiger partial charge in [-0.2, -0.15) is 5.10 Å². The summed E-state index contributed by atoms with van der Waals surface area (Å²) in [4.78, 5) is 24.4. The summed E-state index contributed by atoms with van der Waals surface area (Å²) in [6.45, 7) is 7.00. The predicted octanol–water partition coefficient (Wildman–Crippen LogP) is 4.66. The van der Waals surface area contributed by atoms with Gasteiger partial charge in [0.15, 0.2) is 0 Å². The molecule has 4 rings (SSSR count). The van der Waals surface area contributed by atoms with Crippen LogP contribution in [0.1, 0.15) is 32.4 Å². The smallest absolute Gasteiger partial charge is 0.253 e. The number of nitrogens with one attached hydrogen (secondary N) is 2. The molecule has 0 amide bonds. The van der Waals surface area contributed by atoms with Crippen molar-refractivity contribution in [3.8, 4) is 11.4 Å². The van der Waals surface area contributed by atoms with Crippen molar-refractivity contribution in [3.63, 3.8) is 0 Å². The van der Waals surface area contributed by atoms with Crippen LogP contribution < -0.4 is 10.9 Å². The number of halogens is 1. The van der Waals surface area contributed by atoms with Gasteiger partial charge in [-0.1, -0.05) is 37.6 Å². The monoisotopic (exact) mass is 422 g/mol. The van der Waals surface area contributed by atoms with Crippen molar-refractivity contribution in [2.24, 2.45) is 5.92 Å². The molecule has 0 unspecified atom stereocenters. The molecule has 3 heterocycles. The largest absolute Gasteiger partial charge is 0.347 e. The topological polar surface area (TPSA) is 88.5 Å². The predicted molar refractivity (Wildman–Crippen MR) is 120 cm³/mol. The molecule has 0 aliphatic heterocycles. The number of nitrogens with zero attached hydrogens (tertiary/aromatic N) is 4. The number of H-pyrrole nitrogens is 1. The fourth-order valence-corrected chi connectivity index (χ4v) is 3.65. The highest BCUT2D eigenvalue weighted by Crippen LogP contribution is 2.24. The molecule has 0 radical (unpaired) electrons. The van der Waals surface area contributed by atoms with Gasteiger partial charge in [-0.15, -0.1) is 0 Å². The van der Waals surface area contributed by atoms with Gasteiger partial charge in [-0.3, -0.25) is 9.48 Å². The summed E-state index contributed by atoms with van der Waals surface area (Å²) in [5.74, 6) is 0.916. The van der Waals surface area contributed by atoms with Crippen LogP contribution in [0.2, 0.25) is 5.02 Å². The molecular weight excluding hydrogens is 400 g/mol. The van der Waals surface area contributed by atoms with Crippen molar-refractivity contribution in [3.05, 3.63) is 69.7 Å². The third-order valence-corrected chi connectivity index (χ3v) is 5.16. The third kappa shape index (κ3) is 4.07. The Morgan fingerprint density at radius 1 is 1.17 bits per heavy atom. The first kappa shape index (κ1) is 20.1. The molecular formula is C22H23ClN6O. The van der Waals surface area contributed by atoms with E-state index in [-0.39, 0.29) is 11.6 Å². The van der Waals surface area contributed by atoms with Crippen molar-refractivity contribution in [1.82, 2.24) is 24.7 Å². The summed E-state index contributed by atoms with van der Waals surface area (Å²) >= 11 is 6.19. The van der Waals surface area contributed by atoms with Crippen LogP contribution in [0.15, 0.2) is 53.6 Å². The summed E-state index contributed by atoms with van der Waals surface area (Å²) in [5, 5.41) is 9.03. The molecule has 7 nitrogen and oxygen atoms in total. The van der Waals surface area contributed by atoms with Crippen LogP contribution in [0.3, 0.4) is 0 Å². The normalized spacial score (nSPS) is 12.4. The maximum absolute atomic E-state index is 12.6. The molecule has 154 valence electrons. The van der Waals surface area contributed by atoms with Gasteiger partial charge in [-0.05, 0) is 37.1 Å². The average Bonchev–Trinajstić information content (AvgIpc) is 3.16. The van der Waals surface area contributed by atoms with Crippen LogP contribution in [0, 0.1) is 5.92 Å². The van der Waals surface area contributed by atoms with Gasteiger partial charge in [0, 0.05) is 29.9 Å². The van der Waals surface area contributed by atoms with E-state index in [1.54, 1.807) is 18.5 Å². The van der Waals surface area contributed by atoms with Gasteiger partial charge in [-0.25, -0.2) is 9.97 Å². The van der Waals surface area contributed by atoms with Gasteiger partial charge >= 0.3 is 0 Å². The van der Waals surface area contributed by atoms with E-state index in [2.05, 4.69) is 39.2 Å². The van der Waals surface area contributed by atoms with Crippen molar-refractivity contribution < 1.29 is 0 Å². The van der Waals surface area contributed by atoms with Crippen LogP contribution in [0.4, 0.5) is 5.95 Å². The molecule has 1 aromatic carbocycles. The summed E-state index contributed by atoms with van der Waals surface area (Å²) in [7, 11) is 0. The minimum absolute atomic E-state index is 0.193. The summed E-state index contributed by atoms with van der Waals surface area (Å²) < 4.78 is 1.94. The Hall–Kier alpha value is -3.19. The molecule has 0 aliphatic rings. The molecule has 0 saturated carbocycles. The second kappa shape index (κ2) is 8.28. The molecule has 30 heavy (non-hydrogen) atoms. The van der Waals surface area contributed by atoms with Gasteiger partial charge < -0.3 is 10.3 Å². The Bertz CT molecular complexity index is 1250. The number of aromatic amines is 1. The first-order valence-electron chi connectivity index (χ1n) is 9.85. The highest BCUT2D eigenvalue weighted by molar-refractivity contribution is 6.35. The van der Waals surface area contributed by atoms with E-state index in [0.717, 1.165) is 23.3 Å². The van der Waals surface area contributed by atoms with Crippen LogP contribution in [-0.4, -0.2) is 24.7 Å². The van der Waals surface area contributed by atoms with Crippen LogP contribution in [0.25, 0.3) is 22.3 Å².